The topological polar surface area (TPSA) is 49.1 Å². The predicted octanol–water partition coefficient (Wildman–Crippen LogP) is 2.29. The number of fused-ring (bicyclic) bond motifs is 3. The molecule has 1 aliphatic rings. The van der Waals surface area contributed by atoms with Gasteiger partial charge in [0.15, 0.2) is 5.11 Å². The van der Waals surface area contributed by atoms with E-state index >= 15 is 0 Å². The average Bonchev–Trinajstić information content (AvgIpc) is 3.01. The zero-order chi connectivity index (χ0) is 14.8. The second kappa shape index (κ2) is 5.77. The van der Waals surface area contributed by atoms with Crippen LogP contribution in [0.1, 0.15) is 11.3 Å². The molecule has 3 N–H and O–H groups in total. The van der Waals surface area contributed by atoms with Gasteiger partial charge in [-0.15, -0.1) is 6.58 Å². The Morgan fingerprint density at radius 1 is 1.52 bits per heavy atom. The number of benzene rings is 1. The Labute approximate surface area is 129 Å². The number of thiocarbonyl (C=S) groups is 1. The van der Waals surface area contributed by atoms with E-state index in [2.05, 4.69) is 34.3 Å². The first-order valence-corrected chi connectivity index (χ1v) is 7.45. The SMILES string of the molecule is C=CCNC(=S)NC1Cc2[nH]c3ccc(OC)cc3c2C1. The van der Waals surface area contributed by atoms with Crippen molar-refractivity contribution in [3.8, 4) is 5.75 Å². The van der Waals surface area contributed by atoms with Crippen LogP contribution in [-0.2, 0) is 12.8 Å². The number of aromatic amines is 1. The van der Waals surface area contributed by atoms with Crippen molar-refractivity contribution < 1.29 is 4.74 Å². The molecule has 0 amide bonds. The third-order valence-electron chi connectivity index (χ3n) is 3.84. The summed E-state index contributed by atoms with van der Waals surface area (Å²) < 4.78 is 5.32. The lowest BCUT2D eigenvalue weighted by molar-refractivity contribution is 0.415. The van der Waals surface area contributed by atoms with Crippen molar-refractivity contribution in [2.45, 2.75) is 18.9 Å². The van der Waals surface area contributed by atoms with Gasteiger partial charge in [0.1, 0.15) is 5.75 Å². The highest BCUT2D eigenvalue weighted by Crippen LogP contribution is 2.32. The van der Waals surface area contributed by atoms with Crippen LogP contribution >= 0.6 is 12.2 Å². The monoisotopic (exact) mass is 301 g/mol. The normalized spacial score (nSPS) is 16.5. The van der Waals surface area contributed by atoms with Crippen molar-refractivity contribution in [2.75, 3.05) is 13.7 Å². The maximum absolute atomic E-state index is 5.32. The maximum Gasteiger partial charge on any atom is 0.166 e. The Kier molecular flexibility index (Phi) is 3.84. The number of aromatic nitrogens is 1. The molecule has 1 aromatic carbocycles. The summed E-state index contributed by atoms with van der Waals surface area (Å²) in [7, 11) is 1.70. The Hall–Kier alpha value is -2.01. The van der Waals surface area contributed by atoms with Crippen LogP contribution in [0.25, 0.3) is 10.9 Å². The minimum Gasteiger partial charge on any atom is -0.497 e. The van der Waals surface area contributed by atoms with Crippen molar-refractivity contribution in [1.82, 2.24) is 15.6 Å². The fourth-order valence-electron chi connectivity index (χ4n) is 2.89. The fourth-order valence-corrected chi connectivity index (χ4v) is 3.14. The van der Waals surface area contributed by atoms with Crippen LogP contribution in [0.2, 0.25) is 0 Å². The molecule has 21 heavy (non-hydrogen) atoms. The van der Waals surface area contributed by atoms with E-state index in [1.165, 1.54) is 22.2 Å². The molecule has 0 saturated carbocycles. The van der Waals surface area contributed by atoms with E-state index in [1.807, 2.05) is 6.07 Å². The Morgan fingerprint density at radius 3 is 3.14 bits per heavy atom. The number of methoxy groups -OCH3 is 1. The molecule has 0 fully saturated rings. The minimum absolute atomic E-state index is 0.340. The van der Waals surface area contributed by atoms with Crippen molar-refractivity contribution in [3.05, 3.63) is 42.1 Å². The molecule has 3 rings (SSSR count). The number of ether oxygens (including phenoxy) is 1. The van der Waals surface area contributed by atoms with Gasteiger partial charge in [-0.3, -0.25) is 0 Å². The lowest BCUT2D eigenvalue weighted by Gasteiger charge is -2.15. The van der Waals surface area contributed by atoms with E-state index in [-0.39, 0.29) is 0 Å². The van der Waals surface area contributed by atoms with Crippen LogP contribution in [0.4, 0.5) is 0 Å². The van der Waals surface area contributed by atoms with Crippen molar-refractivity contribution >= 4 is 28.2 Å². The summed E-state index contributed by atoms with van der Waals surface area (Å²) in [5.41, 5.74) is 3.84. The molecule has 1 aromatic heterocycles. The number of hydrogen-bond acceptors (Lipinski definition) is 2. The molecule has 0 bridgehead atoms. The molecular weight excluding hydrogens is 282 g/mol. The second-order valence-corrected chi connectivity index (χ2v) is 5.65. The van der Waals surface area contributed by atoms with Crippen LogP contribution in [0.15, 0.2) is 30.9 Å². The maximum atomic E-state index is 5.32. The molecule has 1 heterocycles. The summed E-state index contributed by atoms with van der Waals surface area (Å²) in [5.74, 6) is 0.892. The molecule has 1 atom stereocenters. The number of H-pyrrole nitrogens is 1. The van der Waals surface area contributed by atoms with Crippen LogP contribution < -0.4 is 15.4 Å². The van der Waals surface area contributed by atoms with E-state index in [1.54, 1.807) is 13.2 Å². The van der Waals surface area contributed by atoms with Gasteiger partial charge in [-0.2, -0.15) is 0 Å². The first-order valence-electron chi connectivity index (χ1n) is 7.04. The van der Waals surface area contributed by atoms with E-state index in [0.29, 0.717) is 17.7 Å². The molecule has 4 nitrogen and oxygen atoms in total. The van der Waals surface area contributed by atoms with Gasteiger partial charge in [0.25, 0.3) is 0 Å². The van der Waals surface area contributed by atoms with Gasteiger partial charge in [0.05, 0.1) is 7.11 Å². The van der Waals surface area contributed by atoms with Crippen LogP contribution in [0.5, 0.6) is 5.75 Å². The fraction of sp³-hybridized carbons (Fsp3) is 0.312. The summed E-state index contributed by atoms with van der Waals surface area (Å²) >= 11 is 5.28. The first-order chi connectivity index (χ1) is 10.2. The summed E-state index contributed by atoms with van der Waals surface area (Å²) in [6.07, 6.45) is 3.73. The van der Waals surface area contributed by atoms with Crippen molar-refractivity contribution in [2.24, 2.45) is 0 Å². The quantitative estimate of drug-likeness (QED) is 0.599. The van der Waals surface area contributed by atoms with E-state index in [9.17, 15) is 0 Å². The standard InChI is InChI=1S/C16H19N3OS/c1-3-6-17-16(21)18-10-7-12-13-9-11(20-2)4-5-14(13)19-15(12)8-10/h3-5,9-10,19H,1,6-8H2,2H3,(H2,17,18,21). The molecule has 0 aliphatic heterocycles. The molecule has 1 aliphatic carbocycles. The third-order valence-corrected chi connectivity index (χ3v) is 4.11. The van der Waals surface area contributed by atoms with Gasteiger partial charge in [-0.25, -0.2) is 0 Å². The second-order valence-electron chi connectivity index (χ2n) is 5.24. The summed E-state index contributed by atoms with van der Waals surface area (Å²) in [5, 5.41) is 8.40. The molecule has 0 radical (unpaired) electrons. The van der Waals surface area contributed by atoms with E-state index in [0.717, 1.165) is 18.6 Å². The molecule has 110 valence electrons. The van der Waals surface area contributed by atoms with Crippen molar-refractivity contribution in [1.29, 1.82) is 0 Å². The Morgan fingerprint density at radius 2 is 2.38 bits per heavy atom. The summed E-state index contributed by atoms with van der Waals surface area (Å²) in [4.78, 5) is 3.50. The smallest absolute Gasteiger partial charge is 0.166 e. The van der Waals surface area contributed by atoms with Crippen LogP contribution in [0.3, 0.4) is 0 Å². The van der Waals surface area contributed by atoms with E-state index < -0.39 is 0 Å². The largest absolute Gasteiger partial charge is 0.497 e. The van der Waals surface area contributed by atoms with Gasteiger partial charge in [0.2, 0.25) is 0 Å². The lowest BCUT2D eigenvalue weighted by Crippen LogP contribution is -2.42. The Bertz CT molecular complexity index is 692. The molecule has 5 heteroatoms. The highest BCUT2D eigenvalue weighted by molar-refractivity contribution is 7.80. The first kappa shape index (κ1) is 13.9. The Balaban J connectivity index is 1.75. The van der Waals surface area contributed by atoms with Gasteiger partial charge in [-0.1, -0.05) is 6.08 Å². The highest BCUT2D eigenvalue weighted by atomic mass is 32.1. The van der Waals surface area contributed by atoms with Gasteiger partial charge in [0, 0.05) is 35.6 Å². The lowest BCUT2D eigenvalue weighted by atomic mass is 10.1. The third kappa shape index (κ3) is 2.74. The highest BCUT2D eigenvalue weighted by Gasteiger charge is 2.26. The minimum atomic E-state index is 0.340. The van der Waals surface area contributed by atoms with Crippen LogP contribution in [-0.4, -0.2) is 29.8 Å². The number of rotatable bonds is 4. The molecule has 0 saturated heterocycles. The summed E-state index contributed by atoms with van der Waals surface area (Å²) in [6, 6.07) is 6.50. The van der Waals surface area contributed by atoms with Gasteiger partial charge >= 0.3 is 0 Å². The zero-order valence-electron chi connectivity index (χ0n) is 12.0. The average molecular weight is 301 g/mol. The zero-order valence-corrected chi connectivity index (χ0v) is 12.8. The number of nitrogens with one attached hydrogen (secondary N) is 3. The molecule has 2 aromatic rings. The van der Waals surface area contributed by atoms with Gasteiger partial charge in [-0.05, 0) is 42.4 Å². The molecule has 1 unspecified atom stereocenters. The van der Waals surface area contributed by atoms with E-state index in [4.69, 9.17) is 17.0 Å². The molecular formula is C16H19N3OS. The number of hydrogen-bond donors (Lipinski definition) is 3. The van der Waals surface area contributed by atoms with Gasteiger partial charge < -0.3 is 20.4 Å². The predicted molar refractivity (Wildman–Crippen MR) is 90.0 cm³/mol. The summed E-state index contributed by atoms with van der Waals surface area (Å²) in [6.45, 7) is 4.36. The van der Waals surface area contributed by atoms with Crippen molar-refractivity contribution in [3.63, 3.8) is 0 Å². The molecule has 0 spiro atoms. The van der Waals surface area contributed by atoms with Crippen LogP contribution in [0, 0.1) is 0 Å².